The van der Waals surface area contributed by atoms with Gasteiger partial charge in [-0.1, -0.05) is 205 Å². The van der Waals surface area contributed by atoms with E-state index in [9.17, 15) is 14.4 Å². The van der Waals surface area contributed by atoms with Gasteiger partial charge in [-0.05, 0) is 122 Å². The Bertz CT molecular complexity index is 1530. The third-order valence-electron chi connectivity index (χ3n) is 10.3. The van der Waals surface area contributed by atoms with Gasteiger partial charge in [0.1, 0.15) is 13.2 Å². The fourth-order valence-corrected chi connectivity index (χ4v) is 6.45. The van der Waals surface area contributed by atoms with Crippen LogP contribution in [-0.2, 0) is 28.6 Å². The minimum atomic E-state index is -0.820. The van der Waals surface area contributed by atoms with E-state index < -0.39 is 6.10 Å². The molecule has 374 valence electrons. The van der Waals surface area contributed by atoms with Gasteiger partial charge in [0.05, 0.1) is 0 Å². The average molecular weight is 923 g/mol. The lowest BCUT2D eigenvalue weighted by atomic mass is 10.1. The molecule has 0 aromatic rings. The molecule has 0 bridgehead atoms. The van der Waals surface area contributed by atoms with E-state index in [0.29, 0.717) is 19.3 Å². The van der Waals surface area contributed by atoms with Gasteiger partial charge >= 0.3 is 17.9 Å². The van der Waals surface area contributed by atoms with Gasteiger partial charge in [0.15, 0.2) is 6.10 Å². The largest absolute Gasteiger partial charge is 0.462 e. The lowest BCUT2D eigenvalue weighted by molar-refractivity contribution is -0.167. The van der Waals surface area contributed by atoms with Gasteiger partial charge < -0.3 is 14.2 Å². The van der Waals surface area contributed by atoms with E-state index in [4.69, 9.17) is 14.2 Å². The van der Waals surface area contributed by atoms with Crippen LogP contribution < -0.4 is 0 Å². The van der Waals surface area contributed by atoms with Crippen molar-refractivity contribution in [3.63, 3.8) is 0 Å². The molecule has 0 saturated heterocycles. The SMILES string of the molecule is CC/C=C\C/C=C\C/C=C\C/C=C\C/C=C\C/C=C\C/C=C\C/C=C\CCCCC(=O)OCC(COC(=O)CCCCCCCCC)OC(=O)CCCC/C=C\C/C=C\C/C=C\C/C=C\CC. The standard InChI is InChI=1S/C61H94O6/c1-4-7-10-13-16-18-20-22-24-25-26-27-28-29-30-31-32-33-34-35-37-38-40-42-45-48-51-54-60(63)66-57-58(56-65-59(62)53-50-47-44-15-12-9-6-3)67-61(64)55-52-49-46-43-41-39-36-23-21-19-17-14-11-8-5-2/h7-8,10-11,16-19,22-24,26-27,29-30,32-33,35-37,40-43,58H,4-6,9,12-15,20-21,25,28,31,34,38-39,44-57H2,1-3H3/b10-7-,11-8-,18-16-,19-17-,24-22-,27-26-,30-29-,33-32-,36-23-,37-35-,42-40-,43-41-. The van der Waals surface area contributed by atoms with Gasteiger partial charge in [-0.25, -0.2) is 0 Å². The molecule has 0 N–H and O–H groups in total. The molecule has 6 nitrogen and oxygen atoms in total. The summed E-state index contributed by atoms with van der Waals surface area (Å²) >= 11 is 0. The summed E-state index contributed by atoms with van der Waals surface area (Å²) in [7, 11) is 0. The minimum Gasteiger partial charge on any atom is -0.462 e. The zero-order chi connectivity index (χ0) is 48.6. The van der Waals surface area contributed by atoms with Crippen molar-refractivity contribution in [2.24, 2.45) is 0 Å². The van der Waals surface area contributed by atoms with Crippen LogP contribution in [0.25, 0.3) is 0 Å². The molecular weight excluding hydrogens is 829 g/mol. The summed E-state index contributed by atoms with van der Waals surface area (Å²) in [5, 5.41) is 0. The van der Waals surface area contributed by atoms with Crippen molar-refractivity contribution in [1.82, 2.24) is 0 Å². The molecule has 0 saturated carbocycles. The number of ether oxygens (including phenoxy) is 3. The lowest BCUT2D eigenvalue weighted by Crippen LogP contribution is -2.30. The molecule has 1 atom stereocenters. The summed E-state index contributed by atoms with van der Waals surface area (Å²) in [5.74, 6) is -1.02. The van der Waals surface area contributed by atoms with E-state index in [1.165, 1.54) is 25.7 Å². The zero-order valence-corrected chi connectivity index (χ0v) is 42.6. The highest BCUT2D eigenvalue weighted by atomic mass is 16.6. The van der Waals surface area contributed by atoms with Crippen molar-refractivity contribution in [1.29, 1.82) is 0 Å². The molecule has 0 fully saturated rings. The van der Waals surface area contributed by atoms with Crippen LogP contribution in [0, 0.1) is 0 Å². The first-order chi connectivity index (χ1) is 33.0. The van der Waals surface area contributed by atoms with Crippen LogP contribution in [0.4, 0.5) is 0 Å². The maximum Gasteiger partial charge on any atom is 0.306 e. The molecule has 6 heteroatoms. The molecule has 0 aromatic carbocycles. The Balaban J connectivity index is 4.38. The predicted molar refractivity (Wildman–Crippen MR) is 288 cm³/mol. The summed E-state index contributed by atoms with van der Waals surface area (Å²) in [6, 6.07) is 0. The van der Waals surface area contributed by atoms with Crippen molar-refractivity contribution >= 4 is 17.9 Å². The van der Waals surface area contributed by atoms with Gasteiger partial charge in [0.25, 0.3) is 0 Å². The molecule has 1 unspecified atom stereocenters. The summed E-state index contributed by atoms with van der Waals surface area (Å²) in [5.41, 5.74) is 0. The molecular formula is C61H94O6. The summed E-state index contributed by atoms with van der Waals surface area (Å²) in [4.78, 5) is 37.8. The van der Waals surface area contributed by atoms with Crippen LogP contribution in [0.3, 0.4) is 0 Å². The van der Waals surface area contributed by atoms with Crippen LogP contribution in [0.5, 0.6) is 0 Å². The Morgan fingerprint density at radius 1 is 0.313 bits per heavy atom. The second-order valence-corrected chi connectivity index (χ2v) is 16.7. The monoisotopic (exact) mass is 923 g/mol. The van der Waals surface area contributed by atoms with Gasteiger partial charge in [0, 0.05) is 19.3 Å². The Morgan fingerprint density at radius 3 is 0.910 bits per heavy atom. The van der Waals surface area contributed by atoms with E-state index in [2.05, 4.69) is 167 Å². The molecule has 0 heterocycles. The molecule has 0 amide bonds. The highest BCUT2D eigenvalue weighted by Gasteiger charge is 2.19. The van der Waals surface area contributed by atoms with Gasteiger partial charge in [0.2, 0.25) is 0 Å². The average Bonchev–Trinajstić information content (AvgIpc) is 3.33. The molecule has 0 aliphatic heterocycles. The normalized spacial score (nSPS) is 13.3. The Morgan fingerprint density at radius 2 is 0.582 bits per heavy atom. The zero-order valence-electron chi connectivity index (χ0n) is 42.6. The van der Waals surface area contributed by atoms with Crippen LogP contribution in [0.2, 0.25) is 0 Å². The molecule has 0 aromatic heterocycles. The Kier molecular flexibility index (Phi) is 50.1. The quantitative estimate of drug-likeness (QED) is 0.0262. The topological polar surface area (TPSA) is 78.9 Å². The van der Waals surface area contributed by atoms with E-state index in [1.54, 1.807) is 0 Å². The molecule has 0 aliphatic carbocycles. The predicted octanol–water partition coefficient (Wildman–Crippen LogP) is 17.6. The fraction of sp³-hybridized carbons (Fsp3) is 0.557. The van der Waals surface area contributed by atoms with E-state index in [0.717, 1.165) is 122 Å². The fourth-order valence-electron chi connectivity index (χ4n) is 6.45. The third kappa shape index (κ3) is 52.1. The number of unbranched alkanes of at least 4 members (excludes halogenated alkanes) is 10. The highest BCUT2D eigenvalue weighted by molar-refractivity contribution is 5.71. The number of esters is 3. The van der Waals surface area contributed by atoms with Crippen molar-refractivity contribution in [2.75, 3.05) is 13.2 Å². The molecule has 0 spiro atoms. The van der Waals surface area contributed by atoms with Gasteiger partial charge in [-0.3, -0.25) is 14.4 Å². The van der Waals surface area contributed by atoms with Crippen molar-refractivity contribution in [3.8, 4) is 0 Å². The van der Waals surface area contributed by atoms with Crippen LogP contribution in [0.15, 0.2) is 146 Å². The maximum atomic E-state index is 12.7. The van der Waals surface area contributed by atoms with Crippen LogP contribution >= 0.6 is 0 Å². The van der Waals surface area contributed by atoms with Crippen molar-refractivity contribution < 1.29 is 28.6 Å². The van der Waals surface area contributed by atoms with Gasteiger partial charge in [-0.2, -0.15) is 0 Å². The Hall–Kier alpha value is -4.71. The first kappa shape index (κ1) is 62.3. The summed E-state index contributed by atoms with van der Waals surface area (Å²) in [6.07, 6.45) is 77.2. The van der Waals surface area contributed by atoms with E-state index in [-0.39, 0.29) is 44.0 Å². The lowest BCUT2D eigenvalue weighted by Gasteiger charge is -2.18. The van der Waals surface area contributed by atoms with Crippen LogP contribution in [0.1, 0.15) is 201 Å². The van der Waals surface area contributed by atoms with Crippen molar-refractivity contribution in [2.45, 2.75) is 207 Å². The number of hydrogen-bond donors (Lipinski definition) is 0. The molecule has 0 rings (SSSR count). The number of allylic oxidation sites excluding steroid dienone is 24. The highest BCUT2D eigenvalue weighted by Crippen LogP contribution is 2.11. The van der Waals surface area contributed by atoms with E-state index >= 15 is 0 Å². The summed E-state index contributed by atoms with van der Waals surface area (Å²) < 4.78 is 16.6. The second-order valence-electron chi connectivity index (χ2n) is 16.7. The number of rotatable bonds is 45. The van der Waals surface area contributed by atoms with E-state index in [1.807, 2.05) is 0 Å². The molecule has 0 aliphatic rings. The smallest absolute Gasteiger partial charge is 0.306 e. The number of carbonyl (C=O) groups excluding carboxylic acids is 3. The Labute approximate surface area is 410 Å². The maximum absolute atomic E-state index is 12.7. The first-order valence-corrected chi connectivity index (χ1v) is 26.3. The third-order valence-corrected chi connectivity index (χ3v) is 10.3. The number of hydrogen-bond acceptors (Lipinski definition) is 6. The first-order valence-electron chi connectivity index (χ1n) is 26.3. The van der Waals surface area contributed by atoms with Crippen molar-refractivity contribution in [3.05, 3.63) is 146 Å². The van der Waals surface area contributed by atoms with Crippen LogP contribution in [-0.4, -0.2) is 37.2 Å². The number of carbonyl (C=O) groups is 3. The second kappa shape index (κ2) is 53.9. The summed E-state index contributed by atoms with van der Waals surface area (Å²) in [6.45, 7) is 6.26. The minimum absolute atomic E-state index is 0.114. The van der Waals surface area contributed by atoms with Gasteiger partial charge in [-0.15, -0.1) is 0 Å². The molecule has 67 heavy (non-hydrogen) atoms. The molecule has 0 radical (unpaired) electrons.